The molecule has 0 saturated carbocycles. The van der Waals surface area contributed by atoms with E-state index in [9.17, 15) is 26.0 Å². The molecule has 1 heterocycles. The molecule has 0 N–H and O–H groups in total. The van der Waals surface area contributed by atoms with Gasteiger partial charge in [-0.1, -0.05) is 45.1 Å². The Morgan fingerprint density at radius 1 is 1.14 bits per heavy atom. The van der Waals surface area contributed by atoms with Gasteiger partial charge >= 0.3 is 6.18 Å². The molecule has 1 aliphatic carbocycles. The van der Waals surface area contributed by atoms with Gasteiger partial charge in [-0.25, -0.2) is 17.8 Å². The number of imidazole rings is 1. The molecule has 3 rings (SSSR count). The summed E-state index contributed by atoms with van der Waals surface area (Å²) in [7, 11) is -2.29. The summed E-state index contributed by atoms with van der Waals surface area (Å²) < 4.78 is 99.5. The summed E-state index contributed by atoms with van der Waals surface area (Å²) in [5, 5.41) is 0.939. The van der Waals surface area contributed by atoms with Crippen LogP contribution in [0, 0.1) is 0 Å². The Balaban J connectivity index is 0.00000235. The summed E-state index contributed by atoms with van der Waals surface area (Å²) in [6.07, 6.45) is 0.747. The summed E-state index contributed by atoms with van der Waals surface area (Å²) in [6, 6.07) is 3.67. The second-order valence-corrected chi connectivity index (χ2v) is 10.4. The first-order valence-corrected chi connectivity index (χ1v) is 13.2. The van der Waals surface area contributed by atoms with Gasteiger partial charge in [-0.05, 0) is 53.8 Å². The van der Waals surface area contributed by atoms with Gasteiger partial charge < -0.3 is 4.57 Å². The van der Waals surface area contributed by atoms with Crippen molar-refractivity contribution in [3.05, 3.63) is 69.1 Å². The Bertz CT molecular complexity index is 1460. The predicted molar refractivity (Wildman–Crippen MR) is 133 cm³/mol. The number of aromatic nitrogens is 2. The van der Waals surface area contributed by atoms with E-state index < -0.39 is 28.3 Å². The Hall–Kier alpha value is -3.04. The number of fused-ring (bicyclic) bond motifs is 1. The fraction of sp³-hybridized carbons (Fsp3) is 0.385. The van der Waals surface area contributed by atoms with Gasteiger partial charge in [0.2, 0.25) is 0 Å². The lowest BCUT2D eigenvalue weighted by Gasteiger charge is -2.21. The molecule has 1 aliphatic rings. The average Bonchev–Trinajstić information content (AvgIpc) is 3.03. The lowest BCUT2D eigenvalue weighted by Crippen LogP contribution is -2.27. The topological polar surface area (TPSA) is 52.0 Å². The Labute approximate surface area is 211 Å². The number of nitrogens with zero attached hydrogens (tertiary/aromatic N) is 2. The van der Waals surface area contributed by atoms with Crippen LogP contribution in [0.15, 0.2) is 35.9 Å². The lowest BCUT2D eigenvalue weighted by molar-refractivity contribution is -0.138. The molecule has 2 aromatic rings. The minimum absolute atomic E-state index is 0.0445. The summed E-state index contributed by atoms with van der Waals surface area (Å²) in [5.74, 6) is 0.00616. The van der Waals surface area contributed by atoms with Crippen LogP contribution in [-0.2, 0) is 29.5 Å². The van der Waals surface area contributed by atoms with Crippen molar-refractivity contribution in [3.8, 4) is 0 Å². The number of hydrogen-bond acceptors (Lipinski definition) is 3. The van der Waals surface area contributed by atoms with Gasteiger partial charge in [0.05, 0.1) is 21.6 Å². The van der Waals surface area contributed by atoms with Crippen LogP contribution in [0.25, 0.3) is 22.3 Å². The standard InChI is InChI=1S/C26H28F4N2O2S.F2/c1-5-10-19-20(12-9-13-21(19)26(28,29)30)24(35(33,34)7-3)18(6-2)25-31-22-15-17(16-27)11-8-14-23(22)32(25)4;1-2/h8-9,11-13,15H,5-7,10,16H2,1-4H3;/b24-18-;. The van der Waals surface area contributed by atoms with Crippen LogP contribution in [-0.4, -0.2) is 30.4 Å². The van der Waals surface area contributed by atoms with Crippen molar-refractivity contribution in [3.63, 3.8) is 0 Å². The van der Waals surface area contributed by atoms with Crippen molar-refractivity contribution in [2.45, 2.75) is 46.2 Å². The van der Waals surface area contributed by atoms with Gasteiger partial charge in [0.25, 0.3) is 0 Å². The van der Waals surface area contributed by atoms with Gasteiger partial charge in [0.1, 0.15) is 17.8 Å². The molecule has 0 saturated heterocycles. The minimum atomic E-state index is -4.63. The van der Waals surface area contributed by atoms with Gasteiger partial charge in [-0.15, -0.1) is 0 Å². The van der Waals surface area contributed by atoms with Crippen molar-refractivity contribution in [1.82, 2.24) is 9.55 Å². The molecule has 0 unspecified atom stereocenters. The SMILES string of the molecule is CCCc1c(/C(=C(\CC)c2nc3c(n2C)=C=CC=C(CF)C=3)S(=O)(=O)CC)cccc1C(F)(F)F.FF. The normalized spacial score (nSPS) is 13.8. The van der Waals surface area contributed by atoms with E-state index in [4.69, 9.17) is 9.15 Å². The molecule has 0 spiro atoms. The fourth-order valence-corrected chi connectivity index (χ4v) is 5.69. The van der Waals surface area contributed by atoms with Crippen LogP contribution in [0.2, 0.25) is 0 Å². The number of rotatable bonds is 8. The molecule has 0 fully saturated rings. The number of hydrogen-bond donors (Lipinski definition) is 0. The number of allylic oxidation sites excluding steroid dienone is 4. The van der Waals surface area contributed by atoms with E-state index in [0.29, 0.717) is 34.1 Å². The fourth-order valence-electron chi connectivity index (χ4n) is 4.26. The van der Waals surface area contributed by atoms with E-state index >= 15 is 0 Å². The number of alkyl halides is 4. The summed E-state index contributed by atoms with van der Waals surface area (Å²) >= 11 is 0. The number of halogens is 6. The summed E-state index contributed by atoms with van der Waals surface area (Å²) in [5.41, 5.74) is 2.88. The monoisotopic (exact) mass is 546 g/mol. The Kier molecular flexibility index (Phi) is 10.2. The maximum atomic E-state index is 13.9. The van der Waals surface area contributed by atoms with Crippen molar-refractivity contribution in [1.29, 1.82) is 0 Å². The van der Waals surface area contributed by atoms with E-state index in [1.54, 1.807) is 43.7 Å². The van der Waals surface area contributed by atoms with Gasteiger partial charge in [-0.2, -0.15) is 13.2 Å². The zero-order valence-electron chi connectivity index (χ0n) is 20.9. The van der Waals surface area contributed by atoms with Gasteiger partial charge in [0.15, 0.2) is 9.84 Å². The van der Waals surface area contributed by atoms with E-state index in [2.05, 4.69) is 10.7 Å². The predicted octanol–water partition coefficient (Wildman–Crippen LogP) is 5.57. The zero-order valence-corrected chi connectivity index (χ0v) is 21.7. The third-order valence-electron chi connectivity index (χ3n) is 5.93. The zero-order chi connectivity index (χ0) is 28.0. The third-order valence-corrected chi connectivity index (χ3v) is 7.78. The van der Waals surface area contributed by atoms with Crippen LogP contribution in [0.5, 0.6) is 0 Å². The molecular formula is C26H28F6N2O2S. The number of benzene rings is 1. The summed E-state index contributed by atoms with van der Waals surface area (Å²) in [4.78, 5) is 4.45. The molecule has 37 heavy (non-hydrogen) atoms. The molecule has 0 aliphatic heterocycles. The van der Waals surface area contributed by atoms with Crippen LogP contribution < -0.4 is 10.7 Å². The van der Waals surface area contributed by atoms with Gasteiger partial charge in [-0.3, -0.25) is 0 Å². The molecule has 0 amide bonds. The molecule has 1 aromatic heterocycles. The molecule has 202 valence electrons. The van der Waals surface area contributed by atoms with Crippen LogP contribution >= 0.6 is 0 Å². The van der Waals surface area contributed by atoms with E-state index in [-0.39, 0.29) is 34.6 Å². The lowest BCUT2D eigenvalue weighted by atomic mass is 9.94. The number of sulfone groups is 1. The molecule has 4 nitrogen and oxygen atoms in total. The van der Waals surface area contributed by atoms with Crippen molar-refractivity contribution in [2.24, 2.45) is 7.05 Å². The maximum Gasteiger partial charge on any atom is 0.416 e. The third kappa shape index (κ3) is 6.27. The summed E-state index contributed by atoms with van der Waals surface area (Å²) in [6.45, 7) is 4.24. The highest BCUT2D eigenvalue weighted by Crippen LogP contribution is 2.40. The second-order valence-electron chi connectivity index (χ2n) is 8.20. The first kappa shape index (κ1) is 30.2. The van der Waals surface area contributed by atoms with Crippen molar-refractivity contribution < 1.29 is 35.1 Å². The Morgan fingerprint density at radius 3 is 2.35 bits per heavy atom. The molecular weight excluding hydrogens is 518 g/mol. The molecule has 0 bridgehead atoms. The highest BCUT2D eigenvalue weighted by atomic mass is 32.2. The molecule has 0 atom stereocenters. The molecule has 1 aromatic carbocycles. The quantitative estimate of drug-likeness (QED) is 0.407. The van der Waals surface area contributed by atoms with Crippen LogP contribution in [0.1, 0.15) is 56.1 Å². The smallest absolute Gasteiger partial charge is 0.321 e. The Morgan fingerprint density at radius 2 is 1.81 bits per heavy atom. The largest absolute Gasteiger partial charge is 0.416 e. The maximum absolute atomic E-state index is 13.9. The van der Waals surface area contributed by atoms with E-state index in [1.165, 1.54) is 19.1 Å². The van der Waals surface area contributed by atoms with Crippen molar-refractivity contribution in [2.75, 3.05) is 12.4 Å². The average molecular weight is 547 g/mol. The second kappa shape index (κ2) is 12.5. The van der Waals surface area contributed by atoms with Crippen LogP contribution in [0.3, 0.4) is 0 Å². The first-order valence-electron chi connectivity index (χ1n) is 11.6. The minimum Gasteiger partial charge on any atom is -0.321 e. The highest BCUT2D eigenvalue weighted by molar-refractivity contribution is 8.00. The van der Waals surface area contributed by atoms with Crippen LogP contribution in [0.4, 0.5) is 26.7 Å². The highest BCUT2D eigenvalue weighted by Gasteiger charge is 2.36. The first-order chi connectivity index (χ1) is 17.5. The van der Waals surface area contributed by atoms with E-state index in [0.717, 1.165) is 6.07 Å². The molecule has 11 heteroatoms. The van der Waals surface area contributed by atoms with Gasteiger partial charge in [0, 0.05) is 21.8 Å². The van der Waals surface area contributed by atoms with Crippen molar-refractivity contribution >= 4 is 32.1 Å². The van der Waals surface area contributed by atoms with E-state index in [1.807, 2.05) is 0 Å². The molecule has 0 radical (unpaired) electrons.